The molecule has 0 rings (SSSR count). The molecule has 0 aliphatic heterocycles. The molecule has 0 bridgehead atoms. The van der Waals surface area contributed by atoms with Gasteiger partial charge < -0.3 is 30.6 Å². The minimum Gasteiger partial charge on any atom is -0.481 e. The van der Waals surface area contributed by atoms with Crippen molar-refractivity contribution in [2.75, 3.05) is 6.54 Å². The van der Waals surface area contributed by atoms with E-state index in [1.807, 2.05) is 0 Å². The summed E-state index contributed by atoms with van der Waals surface area (Å²) in [6.07, 6.45) is -1.31. The third-order valence-electron chi connectivity index (χ3n) is 3.02. The summed E-state index contributed by atoms with van der Waals surface area (Å²) in [5.41, 5.74) is -2.74. The van der Waals surface area contributed by atoms with Gasteiger partial charge in [0, 0.05) is 6.54 Å². The molecule has 0 saturated carbocycles. The van der Waals surface area contributed by atoms with Crippen LogP contribution in [0, 0.1) is 0 Å². The van der Waals surface area contributed by atoms with Gasteiger partial charge in [-0.05, 0) is 20.3 Å². The fraction of sp³-hybridized carbons (Fsp3) is 0.786. The van der Waals surface area contributed by atoms with Crippen LogP contribution in [0.25, 0.3) is 0 Å². The lowest BCUT2D eigenvalue weighted by Gasteiger charge is -2.27. The zero-order valence-corrected chi connectivity index (χ0v) is 14.0. The molecule has 6 N–H and O–H groups in total. The fourth-order valence-electron chi connectivity index (χ4n) is 1.74. The van der Waals surface area contributed by atoms with Crippen molar-refractivity contribution in [3.8, 4) is 0 Å². The van der Waals surface area contributed by atoms with Crippen LogP contribution < -0.4 is 0 Å². The third kappa shape index (κ3) is 10.9. The molecule has 0 heterocycles. The molecule has 2 unspecified atom stereocenters. The molecule has 0 amide bonds. The molecule has 0 aliphatic carbocycles. The first-order chi connectivity index (χ1) is 10.9. The van der Waals surface area contributed by atoms with Crippen molar-refractivity contribution in [1.29, 1.82) is 0 Å². The molecule has 24 heavy (non-hydrogen) atoms. The first-order valence-corrected chi connectivity index (χ1v) is 7.38. The second-order valence-corrected chi connectivity index (χ2v) is 5.33. The van der Waals surface area contributed by atoms with Crippen molar-refractivity contribution in [3.63, 3.8) is 0 Å². The number of hydrogen-bond donors (Lipinski definition) is 6. The van der Waals surface area contributed by atoms with Gasteiger partial charge in [-0.2, -0.15) is 0 Å². The first kappa shape index (κ1) is 24.5. The van der Waals surface area contributed by atoms with Crippen LogP contribution in [0.2, 0.25) is 0 Å². The van der Waals surface area contributed by atoms with Crippen molar-refractivity contribution in [2.45, 2.75) is 64.5 Å². The predicted octanol–water partition coefficient (Wildman–Crippen LogP) is -0.483. The number of nitrogens with zero attached hydrogens (tertiary/aromatic N) is 1. The van der Waals surface area contributed by atoms with Gasteiger partial charge in [-0.1, -0.05) is 13.3 Å². The smallest absolute Gasteiger partial charge is 0.336 e. The van der Waals surface area contributed by atoms with Gasteiger partial charge in [0.15, 0.2) is 5.60 Å². The Morgan fingerprint density at radius 1 is 0.958 bits per heavy atom. The number of carboxylic acid groups (broad SMARTS) is 3. The van der Waals surface area contributed by atoms with Crippen LogP contribution >= 0.6 is 0 Å². The normalized spacial score (nSPS) is 13.6. The molecule has 0 fully saturated rings. The highest BCUT2D eigenvalue weighted by Crippen LogP contribution is 2.15. The van der Waals surface area contributed by atoms with Gasteiger partial charge in [0.1, 0.15) is 12.5 Å². The van der Waals surface area contributed by atoms with Crippen LogP contribution in [0.3, 0.4) is 0 Å². The average molecular weight is 353 g/mol. The van der Waals surface area contributed by atoms with E-state index in [0.717, 1.165) is 19.4 Å². The Morgan fingerprint density at radius 3 is 1.54 bits per heavy atom. The fourth-order valence-corrected chi connectivity index (χ4v) is 1.74. The number of unbranched alkanes of at least 4 members (excludes halogenated alkanes) is 1. The molecule has 10 nitrogen and oxygen atoms in total. The lowest BCUT2D eigenvalue weighted by molar-refractivity contribution is -0.170. The van der Waals surface area contributed by atoms with E-state index in [1.54, 1.807) is 18.7 Å². The molecule has 2 atom stereocenters. The zero-order valence-electron chi connectivity index (χ0n) is 14.0. The topological polar surface area (TPSA) is 176 Å². The van der Waals surface area contributed by atoms with Crippen molar-refractivity contribution in [1.82, 2.24) is 4.90 Å². The summed E-state index contributed by atoms with van der Waals surface area (Å²) < 4.78 is 0. The van der Waals surface area contributed by atoms with Crippen LogP contribution in [0.5, 0.6) is 0 Å². The monoisotopic (exact) mass is 353 g/mol. The number of carbonyl (C=O) groups is 3. The van der Waals surface area contributed by atoms with E-state index in [2.05, 4.69) is 6.92 Å². The summed E-state index contributed by atoms with van der Waals surface area (Å²) in [4.78, 5) is 32.1. The number of aliphatic hydroxyl groups is 3. The highest BCUT2D eigenvalue weighted by atomic mass is 16.4. The zero-order chi connectivity index (χ0) is 19.5. The molecule has 0 saturated heterocycles. The third-order valence-corrected chi connectivity index (χ3v) is 3.02. The Kier molecular flexibility index (Phi) is 12.0. The minimum absolute atomic E-state index is 0.554. The Balaban J connectivity index is 0. The molecule has 0 spiro atoms. The molecule has 0 radical (unpaired) electrons. The highest BCUT2D eigenvalue weighted by molar-refractivity contribution is 5.88. The molecule has 0 aromatic rings. The van der Waals surface area contributed by atoms with E-state index in [0.29, 0.717) is 0 Å². The lowest BCUT2D eigenvalue weighted by Crippen LogP contribution is -2.42. The molecule has 0 aliphatic rings. The predicted molar refractivity (Wildman–Crippen MR) is 82.1 cm³/mol. The Bertz CT molecular complexity index is 385. The summed E-state index contributed by atoms with van der Waals surface area (Å²) in [6.45, 7) is 6.18. The van der Waals surface area contributed by atoms with E-state index in [1.165, 1.54) is 0 Å². The van der Waals surface area contributed by atoms with E-state index >= 15 is 0 Å². The van der Waals surface area contributed by atoms with E-state index in [4.69, 9.17) is 20.4 Å². The molecule has 0 aromatic carbocycles. The van der Waals surface area contributed by atoms with Crippen LogP contribution in [0.15, 0.2) is 0 Å². The van der Waals surface area contributed by atoms with Gasteiger partial charge >= 0.3 is 17.9 Å². The second-order valence-electron chi connectivity index (χ2n) is 5.33. The SMILES string of the molecule is CCCCN(C(C)O)C(C)O.O=C(O)CC(O)(CC(=O)O)C(=O)O. The summed E-state index contributed by atoms with van der Waals surface area (Å²) in [5.74, 6) is -5.02. The van der Waals surface area contributed by atoms with Gasteiger partial charge in [-0.25, -0.2) is 4.79 Å². The largest absolute Gasteiger partial charge is 0.481 e. The summed E-state index contributed by atoms with van der Waals surface area (Å²) in [6, 6.07) is 0. The van der Waals surface area contributed by atoms with Crippen LogP contribution in [0.1, 0.15) is 46.5 Å². The average Bonchev–Trinajstić information content (AvgIpc) is 2.36. The maximum Gasteiger partial charge on any atom is 0.336 e. The Labute approximate surface area is 139 Å². The standard InChI is InChI=1S/C8H19NO2.C6H8O7/c1-4-5-6-9(7(2)10)8(3)11;7-3(8)1-6(13,5(11)12)2-4(9)10/h7-8,10-11H,4-6H2,1-3H3;13H,1-2H2,(H,7,8)(H,9,10)(H,11,12). The van der Waals surface area contributed by atoms with Gasteiger partial charge in [0.05, 0.1) is 12.8 Å². The lowest BCUT2D eigenvalue weighted by atomic mass is 9.96. The highest BCUT2D eigenvalue weighted by Gasteiger charge is 2.40. The summed E-state index contributed by atoms with van der Waals surface area (Å²) in [7, 11) is 0. The summed E-state index contributed by atoms with van der Waals surface area (Å²) in [5, 5.41) is 52.2. The minimum atomic E-state index is -2.74. The van der Waals surface area contributed by atoms with E-state index in [9.17, 15) is 24.6 Å². The second kappa shape index (κ2) is 11.7. The summed E-state index contributed by atoms with van der Waals surface area (Å²) >= 11 is 0. The number of rotatable bonds is 10. The van der Waals surface area contributed by atoms with Crippen LogP contribution in [-0.2, 0) is 14.4 Å². The van der Waals surface area contributed by atoms with E-state index in [-0.39, 0.29) is 0 Å². The molecule has 142 valence electrons. The van der Waals surface area contributed by atoms with Crippen LogP contribution in [0.4, 0.5) is 0 Å². The molecular weight excluding hydrogens is 326 g/mol. The van der Waals surface area contributed by atoms with Crippen molar-refractivity contribution in [2.24, 2.45) is 0 Å². The number of aliphatic carboxylic acids is 3. The van der Waals surface area contributed by atoms with Gasteiger partial charge in [-0.3, -0.25) is 14.5 Å². The van der Waals surface area contributed by atoms with Gasteiger partial charge in [0.25, 0.3) is 0 Å². The van der Waals surface area contributed by atoms with Crippen molar-refractivity contribution < 1.29 is 45.0 Å². The van der Waals surface area contributed by atoms with E-state index < -0.39 is 48.8 Å². The van der Waals surface area contributed by atoms with Crippen molar-refractivity contribution in [3.05, 3.63) is 0 Å². The first-order valence-electron chi connectivity index (χ1n) is 7.38. The van der Waals surface area contributed by atoms with Crippen molar-refractivity contribution >= 4 is 17.9 Å². The quantitative estimate of drug-likeness (QED) is 0.281. The number of carboxylic acids is 3. The number of aliphatic hydroxyl groups excluding tert-OH is 2. The Hall–Kier alpha value is -1.75. The maximum absolute atomic E-state index is 10.3. The Morgan fingerprint density at radius 2 is 1.33 bits per heavy atom. The molecule has 0 aromatic heterocycles. The van der Waals surface area contributed by atoms with Gasteiger partial charge in [0.2, 0.25) is 0 Å². The molecule has 10 heteroatoms. The molecular formula is C14H27NO9. The van der Waals surface area contributed by atoms with Crippen LogP contribution in [-0.4, -0.2) is 78.0 Å². The maximum atomic E-state index is 10.3. The number of hydrogen-bond acceptors (Lipinski definition) is 7. The van der Waals surface area contributed by atoms with Gasteiger partial charge in [-0.15, -0.1) is 0 Å².